The third-order valence-corrected chi connectivity index (χ3v) is 4.37. The molecule has 0 saturated heterocycles. The number of hydrogen-bond donors (Lipinski definition) is 0. The average molecular weight is 258 g/mol. The monoisotopic (exact) mass is 258 g/mol. The van der Waals surface area contributed by atoms with E-state index in [0.29, 0.717) is 0 Å². The third kappa shape index (κ3) is 1.68. The van der Waals surface area contributed by atoms with E-state index >= 15 is 0 Å². The molecule has 98 valence electrons. The van der Waals surface area contributed by atoms with Crippen molar-refractivity contribution in [2.45, 2.75) is 26.2 Å². The van der Waals surface area contributed by atoms with E-state index in [1.807, 2.05) is 0 Å². The Balaban J connectivity index is 1.76. The van der Waals surface area contributed by atoms with E-state index in [2.05, 4.69) is 61.5 Å². The van der Waals surface area contributed by atoms with Gasteiger partial charge in [-0.2, -0.15) is 0 Å². The van der Waals surface area contributed by atoms with Gasteiger partial charge in [-0.1, -0.05) is 55.8 Å². The number of unbranched alkanes of at least 4 members (excludes halogenated alkanes) is 1. The van der Waals surface area contributed by atoms with E-state index in [9.17, 15) is 0 Å². The second-order valence-corrected chi connectivity index (χ2v) is 5.73. The zero-order valence-corrected chi connectivity index (χ0v) is 11.8. The number of rotatable bonds is 3. The molecule has 0 heteroatoms. The minimum atomic E-state index is 1.20. The van der Waals surface area contributed by atoms with Crippen LogP contribution in [-0.4, -0.2) is 0 Å². The van der Waals surface area contributed by atoms with Crippen LogP contribution in [0.25, 0.3) is 23.3 Å². The van der Waals surface area contributed by atoms with E-state index in [1.165, 1.54) is 58.2 Å². The van der Waals surface area contributed by atoms with Crippen molar-refractivity contribution >= 4 is 23.3 Å². The molecule has 0 N–H and O–H groups in total. The second-order valence-electron chi connectivity index (χ2n) is 5.73. The van der Waals surface area contributed by atoms with Crippen molar-refractivity contribution in [1.82, 2.24) is 0 Å². The van der Waals surface area contributed by atoms with Gasteiger partial charge in [0, 0.05) is 0 Å². The second kappa shape index (κ2) is 4.49. The first-order valence-corrected chi connectivity index (χ1v) is 7.53. The largest absolute Gasteiger partial charge is 0.0654 e. The van der Waals surface area contributed by atoms with Crippen LogP contribution in [0.1, 0.15) is 47.6 Å². The molecule has 0 unspecified atom stereocenters. The summed E-state index contributed by atoms with van der Waals surface area (Å²) in [5.41, 5.74) is 9.82. The van der Waals surface area contributed by atoms with E-state index in [1.54, 1.807) is 0 Å². The molecular formula is C20H18. The molecule has 2 aliphatic carbocycles. The zero-order chi connectivity index (χ0) is 13.5. The molecular weight excluding hydrogens is 240 g/mol. The molecule has 0 spiro atoms. The molecule has 2 aromatic rings. The lowest BCUT2D eigenvalue weighted by atomic mass is 10.00. The fourth-order valence-corrected chi connectivity index (χ4v) is 3.29. The first kappa shape index (κ1) is 11.7. The lowest BCUT2D eigenvalue weighted by Gasteiger charge is -2.04. The number of fused-ring (bicyclic) bond motifs is 5. The van der Waals surface area contributed by atoms with Crippen LogP contribution in [0, 0.1) is 0 Å². The maximum Gasteiger partial charge on any atom is -0.00928 e. The highest BCUT2D eigenvalue weighted by Gasteiger charge is 2.25. The Labute approximate surface area is 120 Å². The predicted molar refractivity (Wildman–Crippen MR) is 87.2 cm³/mol. The normalized spacial score (nSPS) is 14.4. The van der Waals surface area contributed by atoms with Gasteiger partial charge in [0.2, 0.25) is 0 Å². The molecule has 20 heavy (non-hydrogen) atoms. The van der Waals surface area contributed by atoms with Crippen LogP contribution in [-0.2, 0) is 6.42 Å². The minimum Gasteiger partial charge on any atom is -0.0654 e. The van der Waals surface area contributed by atoms with Crippen LogP contribution in [0.2, 0.25) is 0 Å². The molecule has 0 atom stereocenters. The summed E-state index contributed by atoms with van der Waals surface area (Å²) < 4.78 is 0. The molecule has 0 nitrogen and oxygen atoms in total. The highest BCUT2D eigenvalue weighted by Crippen LogP contribution is 2.48. The van der Waals surface area contributed by atoms with Crippen molar-refractivity contribution < 1.29 is 0 Å². The summed E-state index contributed by atoms with van der Waals surface area (Å²) >= 11 is 0. The van der Waals surface area contributed by atoms with Gasteiger partial charge in [-0.15, -0.1) is 0 Å². The van der Waals surface area contributed by atoms with Crippen molar-refractivity contribution in [3.63, 3.8) is 0 Å². The number of allylic oxidation sites excluding steroid dienone is 2. The third-order valence-electron chi connectivity index (χ3n) is 4.37. The molecule has 0 heterocycles. The van der Waals surface area contributed by atoms with Crippen LogP contribution in [0.15, 0.2) is 42.5 Å². The maximum absolute atomic E-state index is 2.37. The smallest absolute Gasteiger partial charge is 0.00928 e. The van der Waals surface area contributed by atoms with E-state index in [0.717, 1.165) is 0 Å². The van der Waals surface area contributed by atoms with Gasteiger partial charge < -0.3 is 0 Å². The maximum atomic E-state index is 2.37. The molecule has 0 aromatic heterocycles. The van der Waals surface area contributed by atoms with Gasteiger partial charge in [-0.05, 0) is 64.0 Å². The van der Waals surface area contributed by atoms with Crippen molar-refractivity contribution in [3.05, 3.63) is 70.3 Å². The molecule has 2 aliphatic rings. The van der Waals surface area contributed by atoms with E-state index in [-0.39, 0.29) is 0 Å². The summed E-state index contributed by atoms with van der Waals surface area (Å²) in [6.45, 7) is 2.25. The fourth-order valence-electron chi connectivity index (χ4n) is 3.29. The summed E-state index contributed by atoms with van der Waals surface area (Å²) in [7, 11) is 0. The van der Waals surface area contributed by atoms with Crippen LogP contribution in [0.5, 0.6) is 0 Å². The van der Waals surface area contributed by atoms with Crippen LogP contribution in [0.3, 0.4) is 0 Å². The lowest BCUT2D eigenvalue weighted by Crippen LogP contribution is -1.88. The van der Waals surface area contributed by atoms with Gasteiger partial charge in [0.15, 0.2) is 0 Å². The molecule has 0 aliphatic heterocycles. The Morgan fingerprint density at radius 3 is 2.40 bits per heavy atom. The lowest BCUT2D eigenvalue weighted by molar-refractivity contribution is 0.795. The molecule has 4 rings (SSSR count). The van der Waals surface area contributed by atoms with Gasteiger partial charge in [-0.25, -0.2) is 0 Å². The minimum absolute atomic E-state index is 1.20. The molecule has 0 amide bonds. The molecule has 0 radical (unpaired) electrons. The Morgan fingerprint density at radius 1 is 0.800 bits per heavy atom. The Bertz CT molecular complexity index is 744. The van der Waals surface area contributed by atoms with Gasteiger partial charge in [0.1, 0.15) is 0 Å². The number of benzene rings is 2. The van der Waals surface area contributed by atoms with Crippen molar-refractivity contribution in [3.8, 4) is 0 Å². The fraction of sp³-hybridized carbons (Fsp3) is 0.200. The van der Waals surface area contributed by atoms with Crippen molar-refractivity contribution in [1.29, 1.82) is 0 Å². The summed E-state index contributed by atoms with van der Waals surface area (Å²) in [6, 6.07) is 15.7. The zero-order valence-electron chi connectivity index (χ0n) is 11.8. The van der Waals surface area contributed by atoms with Gasteiger partial charge in [0.05, 0.1) is 0 Å². The molecule has 0 saturated carbocycles. The predicted octanol–water partition coefficient (Wildman–Crippen LogP) is 5.44. The van der Waals surface area contributed by atoms with E-state index < -0.39 is 0 Å². The number of aryl methyl sites for hydroxylation is 1. The Kier molecular flexibility index (Phi) is 2.63. The van der Waals surface area contributed by atoms with Gasteiger partial charge >= 0.3 is 0 Å². The molecule has 0 fully saturated rings. The summed E-state index contributed by atoms with van der Waals surface area (Å²) in [4.78, 5) is 0. The average Bonchev–Trinajstić information content (AvgIpc) is 3.00. The first-order chi connectivity index (χ1) is 9.86. The summed E-state index contributed by atoms with van der Waals surface area (Å²) in [6.07, 6.45) is 8.43. The first-order valence-electron chi connectivity index (χ1n) is 7.53. The van der Waals surface area contributed by atoms with Crippen LogP contribution in [0.4, 0.5) is 0 Å². The summed E-state index contributed by atoms with van der Waals surface area (Å²) in [5.74, 6) is 0. The van der Waals surface area contributed by atoms with Crippen molar-refractivity contribution in [2.75, 3.05) is 0 Å². The summed E-state index contributed by atoms with van der Waals surface area (Å²) in [5, 5.41) is 0. The Morgan fingerprint density at radius 2 is 1.55 bits per heavy atom. The highest BCUT2D eigenvalue weighted by atomic mass is 14.3. The standard InChI is InChI=1S/C20H18/c1-2-3-6-14-9-10-18-16(11-14)13-20-17-8-5-4-7-15(17)12-19(18)20/h4-5,7-13H,2-3,6H2,1H3. The quantitative estimate of drug-likeness (QED) is 0.688. The highest BCUT2D eigenvalue weighted by molar-refractivity contribution is 6.25. The van der Waals surface area contributed by atoms with Crippen molar-refractivity contribution in [2.24, 2.45) is 0 Å². The van der Waals surface area contributed by atoms with Gasteiger partial charge in [0.25, 0.3) is 0 Å². The molecule has 0 bridgehead atoms. The number of hydrogen-bond acceptors (Lipinski definition) is 0. The van der Waals surface area contributed by atoms with Crippen LogP contribution >= 0.6 is 0 Å². The topological polar surface area (TPSA) is 0 Å². The SMILES string of the molecule is CCCCc1ccc2c(c1)C=C1C2=Cc2ccccc21. The van der Waals surface area contributed by atoms with Gasteiger partial charge in [-0.3, -0.25) is 0 Å². The van der Waals surface area contributed by atoms with E-state index in [4.69, 9.17) is 0 Å². The van der Waals surface area contributed by atoms with Crippen LogP contribution < -0.4 is 0 Å². The molecule has 2 aromatic carbocycles. The Hall–Kier alpha value is -2.08.